The van der Waals surface area contributed by atoms with Crippen LogP contribution in [0.25, 0.3) is 11.3 Å². The average molecular weight is 491 g/mol. The maximum Gasteiger partial charge on any atom is 0.236 e. The van der Waals surface area contributed by atoms with Crippen LogP contribution in [0.4, 0.5) is 11.8 Å². The van der Waals surface area contributed by atoms with Crippen LogP contribution >= 0.6 is 0 Å². The van der Waals surface area contributed by atoms with E-state index in [9.17, 15) is 9.59 Å². The highest BCUT2D eigenvalue weighted by Crippen LogP contribution is 2.49. The number of rotatable bonds is 6. The van der Waals surface area contributed by atoms with Gasteiger partial charge in [-0.25, -0.2) is 15.0 Å². The molecule has 1 saturated carbocycles. The molecule has 2 aromatic rings. The lowest BCUT2D eigenvalue weighted by Gasteiger charge is -2.35. The van der Waals surface area contributed by atoms with Crippen LogP contribution in [0.5, 0.6) is 0 Å². The second kappa shape index (κ2) is 9.97. The summed E-state index contributed by atoms with van der Waals surface area (Å²) in [5.74, 6) is 1.43. The smallest absolute Gasteiger partial charge is 0.236 e. The first-order valence-corrected chi connectivity index (χ1v) is 12.8. The Kier molecular flexibility index (Phi) is 6.75. The van der Waals surface area contributed by atoms with Crippen LogP contribution in [0.15, 0.2) is 36.2 Å². The Labute approximate surface area is 211 Å². The number of carbonyl (C=O) groups excluding carboxylic acids is 2. The number of aromatic nitrogens is 3. The predicted molar refractivity (Wildman–Crippen MR) is 137 cm³/mol. The minimum absolute atomic E-state index is 0.00639. The number of ketones is 1. The molecular formula is C27H34N6O3. The molecule has 1 aliphatic carbocycles. The predicted octanol–water partition coefficient (Wildman–Crippen LogP) is 2.98. The Hall–Kier alpha value is -3.33. The van der Waals surface area contributed by atoms with Gasteiger partial charge in [0.25, 0.3) is 0 Å². The fourth-order valence-electron chi connectivity index (χ4n) is 5.15. The number of piperidine rings is 1. The van der Waals surface area contributed by atoms with Crippen LogP contribution in [0.2, 0.25) is 0 Å². The van der Waals surface area contributed by atoms with Crippen molar-refractivity contribution in [1.29, 1.82) is 0 Å². The molecule has 0 unspecified atom stereocenters. The Morgan fingerprint density at radius 1 is 1.06 bits per heavy atom. The van der Waals surface area contributed by atoms with E-state index in [1.54, 1.807) is 18.5 Å². The van der Waals surface area contributed by atoms with E-state index < -0.39 is 5.41 Å². The second-order valence-electron chi connectivity index (χ2n) is 10.3. The molecule has 9 nitrogen and oxygen atoms in total. The van der Waals surface area contributed by atoms with Gasteiger partial charge in [0.1, 0.15) is 11.2 Å². The van der Waals surface area contributed by atoms with Crippen molar-refractivity contribution in [2.24, 2.45) is 5.41 Å². The van der Waals surface area contributed by atoms with E-state index >= 15 is 0 Å². The SMILES string of the molecule is CC(C)=CC(=O)C1(C(=O)N2CCC(c3cc(-c4cnc(N)nc4)nc(N4CCOCC4)c3)CC2)CC1. The largest absolute Gasteiger partial charge is 0.378 e. The molecule has 36 heavy (non-hydrogen) atoms. The first-order valence-electron chi connectivity index (χ1n) is 12.8. The van der Waals surface area contributed by atoms with Gasteiger partial charge in [-0.2, -0.15) is 0 Å². The Bertz CT molecular complexity index is 1160. The van der Waals surface area contributed by atoms with Gasteiger partial charge in [0.2, 0.25) is 11.9 Å². The fraction of sp³-hybridized carbons (Fsp3) is 0.519. The monoisotopic (exact) mass is 490 g/mol. The summed E-state index contributed by atoms with van der Waals surface area (Å²) in [5.41, 5.74) is 8.66. The summed E-state index contributed by atoms with van der Waals surface area (Å²) in [6.07, 6.45) is 8.06. The van der Waals surface area contributed by atoms with Gasteiger partial charge < -0.3 is 20.3 Å². The number of morpholine rings is 1. The molecule has 1 amide bonds. The highest BCUT2D eigenvalue weighted by Gasteiger charge is 2.56. The van der Waals surface area contributed by atoms with Crippen LogP contribution in [-0.2, 0) is 14.3 Å². The molecule has 3 fully saturated rings. The third-order valence-corrected chi connectivity index (χ3v) is 7.44. The molecule has 190 valence electrons. The van der Waals surface area contributed by atoms with Gasteiger partial charge in [-0.05, 0) is 69.2 Å². The summed E-state index contributed by atoms with van der Waals surface area (Å²) >= 11 is 0. The quantitative estimate of drug-likeness (QED) is 0.486. The number of nitrogen functional groups attached to an aromatic ring is 1. The van der Waals surface area contributed by atoms with Crippen molar-refractivity contribution in [3.8, 4) is 11.3 Å². The standard InChI is InChI=1S/C27H34N6O3/c1-18(2)13-23(34)27(5-6-27)25(35)33-7-3-19(4-8-33)20-14-22(21-16-29-26(28)30-17-21)31-24(15-20)32-9-11-36-12-10-32/h13-17,19H,3-12H2,1-2H3,(H2,28,29,30). The van der Waals surface area contributed by atoms with Crippen molar-refractivity contribution in [1.82, 2.24) is 19.9 Å². The summed E-state index contributed by atoms with van der Waals surface area (Å²) in [6.45, 7) is 8.06. The van der Waals surface area contributed by atoms with Gasteiger partial charge in [-0.1, -0.05) is 5.57 Å². The molecule has 0 spiro atoms. The number of likely N-dealkylation sites (tertiary alicyclic amines) is 1. The molecular weight excluding hydrogens is 456 g/mol. The van der Waals surface area contributed by atoms with E-state index in [1.165, 1.54) is 5.56 Å². The number of hydrogen-bond acceptors (Lipinski definition) is 8. The number of hydrogen-bond donors (Lipinski definition) is 1. The highest BCUT2D eigenvalue weighted by molar-refractivity contribution is 6.13. The molecule has 2 saturated heterocycles. The first-order chi connectivity index (χ1) is 17.4. The summed E-state index contributed by atoms with van der Waals surface area (Å²) in [4.78, 5) is 43.4. The molecule has 0 aromatic carbocycles. The normalized spacial score (nSPS) is 19.6. The zero-order valence-corrected chi connectivity index (χ0v) is 21.1. The molecule has 3 aliphatic rings. The molecule has 9 heteroatoms. The minimum Gasteiger partial charge on any atom is -0.378 e. The van der Waals surface area contributed by atoms with E-state index in [0.29, 0.717) is 45.1 Å². The van der Waals surface area contributed by atoms with Crippen LogP contribution in [-0.4, -0.2) is 70.9 Å². The van der Waals surface area contributed by atoms with E-state index in [-0.39, 0.29) is 17.6 Å². The van der Waals surface area contributed by atoms with Crippen molar-refractivity contribution in [3.63, 3.8) is 0 Å². The van der Waals surface area contributed by atoms with Crippen molar-refractivity contribution >= 4 is 23.5 Å². The number of carbonyl (C=O) groups is 2. The Balaban J connectivity index is 1.35. The molecule has 0 radical (unpaired) electrons. The number of nitrogens with two attached hydrogens (primary N) is 1. The molecule has 4 heterocycles. The number of amides is 1. The second-order valence-corrected chi connectivity index (χ2v) is 10.3. The molecule has 5 rings (SSSR count). The lowest BCUT2D eigenvalue weighted by molar-refractivity contribution is -0.142. The fourth-order valence-corrected chi connectivity index (χ4v) is 5.15. The highest BCUT2D eigenvalue weighted by atomic mass is 16.5. The number of allylic oxidation sites excluding steroid dienone is 2. The van der Waals surface area contributed by atoms with E-state index in [2.05, 4.69) is 27.0 Å². The van der Waals surface area contributed by atoms with E-state index in [4.69, 9.17) is 15.5 Å². The van der Waals surface area contributed by atoms with Gasteiger partial charge >= 0.3 is 0 Å². The maximum absolute atomic E-state index is 13.3. The van der Waals surface area contributed by atoms with Crippen molar-refractivity contribution in [2.75, 3.05) is 50.0 Å². The molecule has 0 bridgehead atoms. The number of ether oxygens (including phenoxy) is 1. The lowest BCUT2D eigenvalue weighted by atomic mass is 9.87. The van der Waals surface area contributed by atoms with Crippen molar-refractivity contribution in [2.45, 2.75) is 45.4 Å². The van der Waals surface area contributed by atoms with Gasteiger partial charge in [0.05, 0.1) is 18.9 Å². The molecule has 0 atom stereocenters. The topological polar surface area (TPSA) is 115 Å². The first kappa shape index (κ1) is 24.4. The van der Waals surface area contributed by atoms with Gasteiger partial charge in [0.15, 0.2) is 5.78 Å². The number of nitrogens with zero attached hydrogens (tertiary/aromatic N) is 5. The van der Waals surface area contributed by atoms with Gasteiger partial charge in [-0.15, -0.1) is 0 Å². The summed E-state index contributed by atoms with van der Waals surface area (Å²) in [6, 6.07) is 4.29. The minimum atomic E-state index is -0.813. The number of anilines is 2. The Morgan fingerprint density at radius 2 is 1.72 bits per heavy atom. The van der Waals surface area contributed by atoms with Crippen LogP contribution < -0.4 is 10.6 Å². The van der Waals surface area contributed by atoms with Gasteiger partial charge in [0, 0.05) is 44.1 Å². The van der Waals surface area contributed by atoms with Crippen LogP contribution in [0.3, 0.4) is 0 Å². The zero-order chi connectivity index (χ0) is 25.3. The molecule has 2 aromatic heterocycles. The zero-order valence-electron chi connectivity index (χ0n) is 21.1. The third kappa shape index (κ3) is 4.97. The Morgan fingerprint density at radius 3 is 2.33 bits per heavy atom. The summed E-state index contributed by atoms with van der Waals surface area (Å²) in [5, 5.41) is 0. The lowest BCUT2D eigenvalue weighted by Crippen LogP contribution is -2.44. The van der Waals surface area contributed by atoms with Crippen molar-refractivity contribution < 1.29 is 14.3 Å². The van der Waals surface area contributed by atoms with E-state index in [0.717, 1.165) is 48.6 Å². The van der Waals surface area contributed by atoms with Crippen LogP contribution in [0.1, 0.15) is 51.0 Å². The molecule has 2 N–H and O–H groups in total. The van der Waals surface area contributed by atoms with Crippen LogP contribution in [0, 0.1) is 5.41 Å². The maximum atomic E-state index is 13.3. The third-order valence-electron chi connectivity index (χ3n) is 7.44. The summed E-state index contributed by atoms with van der Waals surface area (Å²) in [7, 11) is 0. The van der Waals surface area contributed by atoms with Gasteiger partial charge in [-0.3, -0.25) is 9.59 Å². The summed E-state index contributed by atoms with van der Waals surface area (Å²) < 4.78 is 5.53. The van der Waals surface area contributed by atoms with Crippen molar-refractivity contribution in [3.05, 3.63) is 41.7 Å². The average Bonchev–Trinajstić information content (AvgIpc) is 3.71. The molecule has 2 aliphatic heterocycles. The number of pyridine rings is 1. The van der Waals surface area contributed by atoms with E-state index in [1.807, 2.05) is 18.7 Å².